The molecular formula is C7H14INO4S. The lowest BCUT2D eigenvalue weighted by Gasteiger charge is -2.34. The normalized spacial score (nSPS) is 23.6. The van der Waals surface area contributed by atoms with Crippen molar-refractivity contribution >= 4 is 32.6 Å². The summed E-state index contributed by atoms with van der Waals surface area (Å²) in [5, 5.41) is 0. The van der Waals surface area contributed by atoms with Gasteiger partial charge in [-0.3, -0.25) is 0 Å². The molecule has 1 heterocycles. The molecule has 0 radical (unpaired) electrons. The minimum Gasteiger partial charge on any atom is -0.349 e. The second-order valence-electron chi connectivity index (χ2n) is 3.56. The molecule has 0 aliphatic carbocycles. The fourth-order valence-electron chi connectivity index (χ4n) is 1.05. The first-order chi connectivity index (χ1) is 6.35. The van der Waals surface area contributed by atoms with Gasteiger partial charge in [-0.1, -0.05) is 22.6 Å². The Balaban J connectivity index is 2.44. The highest BCUT2D eigenvalue weighted by atomic mass is 127. The summed E-state index contributed by atoms with van der Waals surface area (Å²) in [5.41, 5.74) is 0. The van der Waals surface area contributed by atoms with Gasteiger partial charge in [0.15, 0.2) is 5.79 Å². The molecular weight excluding hydrogens is 321 g/mol. The standard InChI is InChI=1S/C7H14INO4S/c1-7(2)12-3-6(4-13-7)9-14(10,11)5-8/h6,9H,3-5H2,1-2H3. The SMILES string of the molecule is CC1(C)OCC(NS(=O)(=O)CI)CO1. The van der Waals surface area contributed by atoms with Crippen LogP contribution in [0.15, 0.2) is 0 Å². The first-order valence-corrected chi connectivity index (χ1v) is 7.36. The average molecular weight is 335 g/mol. The summed E-state index contributed by atoms with van der Waals surface area (Å²) in [4.78, 5) is 0. The number of halogens is 1. The number of rotatable bonds is 3. The Morgan fingerprint density at radius 2 is 1.93 bits per heavy atom. The Morgan fingerprint density at radius 1 is 1.43 bits per heavy atom. The van der Waals surface area contributed by atoms with Gasteiger partial charge in [0.05, 0.1) is 19.3 Å². The van der Waals surface area contributed by atoms with Crippen LogP contribution in [-0.4, -0.2) is 37.2 Å². The van der Waals surface area contributed by atoms with Crippen molar-refractivity contribution in [3.05, 3.63) is 0 Å². The lowest BCUT2D eigenvalue weighted by molar-refractivity contribution is -0.251. The van der Waals surface area contributed by atoms with E-state index in [1.165, 1.54) is 0 Å². The molecule has 0 saturated carbocycles. The molecule has 0 unspecified atom stereocenters. The molecule has 0 bridgehead atoms. The monoisotopic (exact) mass is 335 g/mol. The third-order valence-corrected chi connectivity index (χ3v) is 5.19. The van der Waals surface area contributed by atoms with E-state index in [0.717, 1.165) is 0 Å². The zero-order chi connectivity index (χ0) is 10.8. The van der Waals surface area contributed by atoms with Crippen molar-refractivity contribution in [2.45, 2.75) is 25.7 Å². The average Bonchev–Trinajstić information content (AvgIpc) is 2.09. The topological polar surface area (TPSA) is 64.6 Å². The highest BCUT2D eigenvalue weighted by Crippen LogP contribution is 2.17. The molecule has 0 aromatic heterocycles. The van der Waals surface area contributed by atoms with Gasteiger partial charge in [0.25, 0.3) is 0 Å². The number of sulfonamides is 1. The molecule has 1 rings (SSSR count). The van der Waals surface area contributed by atoms with Crippen LogP contribution in [0.5, 0.6) is 0 Å². The highest BCUT2D eigenvalue weighted by molar-refractivity contribution is 14.1. The third kappa shape index (κ3) is 3.97. The highest BCUT2D eigenvalue weighted by Gasteiger charge is 2.30. The first kappa shape index (κ1) is 12.6. The van der Waals surface area contributed by atoms with Gasteiger partial charge in [-0.05, 0) is 13.8 Å². The van der Waals surface area contributed by atoms with E-state index in [0.29, 0.717) is 13.2 Å². The number of hydrogen-bond donors (Lipinski definition) is 1. The number of nitrogens with one attached hydrogen (secondary N) is 1. The molecule has 1 aliphatic rings. The van der Waals surface area contributed by atoms with Crippen molar-refractivity contribution in [3.63, 3.8) is 0 Å². The van der Waals surface area contributed by atoms with Gasteiger partial charge in [0.2, 0.25) is 10.0 Å². The maximum atomic E-state index is 11.2. The van der Waals surface area contributed by atoms with Crippen LogP contribution in [0.1, 0.15) is 13.8 Å². The summed E-state index contributed by atoms with van der Waals surface area (Å²) in [6, 6.07) is -0.275. The van der Waals surface area contributed by atoms with E-state index in [-0.39, 0.29) is 9.80 Å². The number of alkyl halides is 1. The lowest BCUT2D eigenvalue weighted by atomic mass is 10.3. The van der Waals surface area contributed by atoms with Crippen LogP contribution < -0.4 is 4.72 Å². The second kappa shape index (κ2) is 4.60. The third-order valence-electron chi connectivity index (χ3n) is 1.75. The van der Waals surface area contributed by atoms with E-state index < -0.39 is 15.8 Å². The van der Waals surface area contributed by atoms with Crippen molar-refractivity contribution in [2.24, 2.45) is 0 Å². The largest absolute Gasteiger partial charge is 0.349 e. The zero-order valence-corrected chi connectivity index (χ0v) is 11.1. The maximum absolute atomic E-state index is 11.2. The van der Waals surface area contributed by atoms with Crippen LogP contribution in [0.25, 0.3) is 0 Å². The van der Waals surface area contributed by atoms with Gasteiger partial charge in [-0.25, -0.2) is 13.1 Å². The lowest BCUT2D eigenvalue weighted by Crippen LogP contribution is -2.50. The summed E-state index contributed by atoms with van der Waals surface area (Å²) in [5.74, 6) is -0.605. The minimum absolute atomic E-state index is 0.0463. The Labute approximate surface area is 97.7 Å². The van der Waals surface area contributed by atoms with E-state index in [4.69, 9.17) is 9.47 Å². The summed E-state index contributed by atoms with van der Waals surface area (Å²) in [6.07, 6.45) is 0. The molecule has 84 valence electrons. The van der Waals surface area contributed by atoms with Gasteiger partial charge in [0, 0.05) is 0 Å². The zero-order valence-electron chi connectivity index (χ0n) is 8.12. The van der Waals surface area contributed by atoms with Crippen LogP contribution in [0.3, 0.4) is 0 Å². The first-order valence-electron chi connectivity index (χ1n) is 4.18. The molecule has 1 aliphatic heterocycles. The Bertz CT molecular complexity index is 280. The van der Waals surface area contributed by atoms with Crippen molar-refractivity contribution in [3.8, 4) is 0 Å². The Kier molecular flexibility index (Phi) is 4.15. The van der Waals surface area contributed by atoms with Crippen LogP contribution in [0.2, 0.25) is 0 Å². The van der Waals surface area contributed by atoms with Crippen molar-refractivity contribution in [2.75, 3.05) is 17.0 Å². The summed E-state index contributed by atoms with van der Waals surface area (Å²) in [6.45, 7) is 4.30. The molecule has 1 fully saturated rings. The molecule has 1 saturated heterocycles. The minimum atomic E-state index is -3.18. The van der Waals surface area contributed by atoms with Gasteiger partial charge in [0.1, 0.15) is 3.76 Å². The van der Waals surface area contributed by atoms with E-state index in [9.17, 15) is 8.42 Å². The predicted octanol–water partition coefficient (Wildman–Crippen LogP) is 0.450. The fourth-order valence-corrected chi connectivity index (χ4v) is 2.29. The second-order valence-corrected chi connectivity index (χ2v) is 7.11. The maximum Gasteiger partial charge on any atom is 0.221 e. The molecule has 0 aromatic rings. The van der Waals surface area contributed by atoms with Crippen LogP contribution >= 0.6 is 22.6 Å². The molecule has 14 heavy (non-hydrogen) atoms. The summed E-state index contributed by atoms with van der Waals surface area (Å²) >= 11 is 1.80. The van der Waals surface area contributed by atoms with Crippen LogP contribution in [0, 0.1) is 0 Å². The van der Waals surface area contributed by atoms with E-state index in [1.54, 1.807) is 36.4 Å². The van der Waals surface area contributed by atoms with Gasteiger partial charge in [-0.2, -0.15) is 0 Å². The number of hydrogen-bond acceptors (Lipinski definition) is 4. The smallest absolute Gasteiger partial charge is 0.221 e. The molecule has 5 nitrogen and oxygen atoms in total. The molecule has 0 atom stereocenters. The van der Waals surface area contributed by atoms with Gasteiger partial charge >= 0.3 is 0 Å². The van der Waals surface area contributed by atoms with Gasteiger partial charge in [-0.15, -0.1) is 0 Å². The molecule has 0 spiro atoms. The van der Waals surface area contributed by atoms with Crippen molar-refractivity contribution in [1.29, 1.82) is 0 Å². The predicted molar refractivity (Wildman–Crippen MR) is 60.7 cm³/mol. The van der Waals surface area contributed by atoms with Gasteiger partial charge < -0.3 is 9.47 Å². The van der Waals surface area contributed by atoms with E-state index in [2.05, 4.69) is 4.72 Å². The van der Waals surface area contributed by atoms with Crippen molar-refractivity contribution < 1.29 is 17.9 Å². The molecule has 1 N–H and O–H groups in total. The summed E-state index contributed by atoms with van der Waals surface area (Å²) < 4.78 is 35.6. The van der Waals surface area contributed by atoms with E-state index >= 15 is 0 Å². The molecule has 7 heteroatoms. The van der Waals surface area contributed by atoms with Crippen LogP contribution in [0.4, 0.5) is 0 Å². The molecule has 0 amide bonds. The Hall–Kier alpha value is 0.560. The number of ether oxygens (including phenoxy) is 2. The Morgan fingerprint density at radius 3 is 2.36 bits per heavy atom. The van der Waals surface area contributed by atoms with Crippen molar-refractivity contribution in [1.82, 2.24) is 4.72 Å². The summed E-state index contributed by atoms with van der Waals surface area (Å²) in [7, 11) is -3.18. The molecule has 0 aromatic carbocycles. The fraction of sp³-hybridized carbons (Fsp3) is 1.00. The van der Waals surface area contributed by atoms with E-state index in [1.807, 2.05) is 0 Å². The quantitative estimate of drug-likeness (QED) is 0.601. The van der Waals surface area contributed by atoms with Crippen LogP contribution in [-0.2, 0) is 19.5 Å².